The Morgan fingerprint density at radius 1 is 0.673 bits per heavy atom. The molecular weight excluding hydrogens is 712 g/mol. The average Bonchev–Trinajstić information content (AvgIpc) is 3.12. The standard InChI is InChI=1S/C42H68O13/c1-37(2)14-15-42(20-44)22(16-37)21-8-9-26-39(5)12-11-28(38(3,4)25(39)10-13-40(26,6)41(21,7)17-27(42)45)55-36-34(51)32(49)30(47)24(54-36)19-52-35-33(50)31(48)29(46)23(18-43)53-35/h8-9,22-25,27-36,43-51H,10-20H2,1-7H3/t22-,23+,24+,25-,27-,28-,29+,30+,31-,32-,33+,34+,35+,36-,39-,40+,41+,42+/m0/s1. The van der Waals surface area contributed by atoms with Gasteiger partial charge in [0.05, 0.1) is 32.0 Å². The molecule has 0 aromatic rings. The van der Waals surface area contributed by atoms with Crippen molar-refractivity contribution in [2.45, 2.75) is 173 Å². The summed E-state index contributed by atoms with van der Waals surface area (Å²) < 4.78 is 23.7. The highest BCUT2D eigenvalue weighted by molar-refractivity contribution is 5.46. The maximum absolute atomic E-state index is 12.0. The summed E-state index contributed by atoms with van der Waals surface area (Å²) in [6.07, 6.45) is -4.37. The fourth-order valence-corrected chi connectivity index (χ4v) is 13.0. The minimum absolute atomic E-state index is 0.00754. The summed E-state index contributed by atoms with van der Waals surface area (Å²) in [5.41, 5.74) is 1.34. The van der Waals surface area contributed by atoms with Crippen LogP contribution in [-0.2, 0) is 18.9 Å². The van der Waals surface area contributed by atoms with Gasteiger partial charge in [-0.25, -0.2) is 0 Å². The van der Waals surface area contributed by atoms with E-state index in [1.807, 2.05) is 0 Å². The molecule has 2 aliphatic heterocycles. The molecule has 4 saturated carbocycles. The van der Waals surface area contributed by atoms with E-state index in [0.29, 0.717) is 12.8 Å². The first-order chi connectivity index (χ1) is 25.6. The van der Waals surface area contributed by atoms with Gasteiger partial charge in [0.25, 0.3) is 0 Å². The zero-order valence-electron chi connectivity index (χ0n) is 33.7. The van der Waals surface area contributed by atoms with E-state index in [1.54, 1.807) is 0 Å². The highest BCUT2D eigenvalue weighted by Crippen LogP contribution is 2.74. The molecule has 0 aromatic heterocycles. The molecule has 6 fully saturated rings. The summed E-state index contributed by atoms with van der Waals surface area (Å²) in [6.45, 7) is 15.1. The van der Waals surface area contributed by atoms with E-state index in [4.69, 9.17) is 18.9 Å². The maximum atomic E-state index is 12.0. The van der Waals surface area contributed by atoms with E-state index < -0.39 is 91.6 Å². The third-order valence-corrected chi connectivity index (χ3v) is 16.7. The molecule has 0 amide bonds. The Morgan fingerprint density at radius 2 is 1.31 bits per heavy atom. The van der Waals surface area contributed by atoms with Crippen LogP contribution in [0.3, 0.4) is 0 Å². The van der Waals surface area contributed by atoms with E-state index in [9.17, 15) is 46.0 Å². The summed E-state index contributed by atoms with van der Waals surface area (Å²) in [7, 11) is 0. The van der Waals surface area contributed by atoms with Gasteiger partial charge in [-0.15, -0.1) is 0 Å². The molecule has 314 valence electrons. The molecular formula is C42H68O13. The fraction of sp³-hybridized carbons (Fsp3) is 0.905. The first-order valence-electron chi connectivity index (χ1n) is 20.6. The molecule has 0 bridgehead atoms. The van der Waals surface area contributed by atoms with Crippen molar-refractivity contribution in [1.82, 2.24) is 0 Å². The first kappa shape index (κ1) is 42.1. The molecule has 0 radical (unpaired) electrons. The molecule has 13 heteroatoms. The van der Waals surface area contributed by atoms with Crippen LogP contribution in [0.4, 0.5) is 0 Å². The fourth-order valence-electron chi connectivity index (χ4n) is 13.0. The van der Waals surface area contributed by atoms with Crippen molar-refractivity contribution in [3.8, 4) is 0 Å². The molecule has 5 aliphatic carbocycles. The zero-order chi connectivity index (χ0) is 40.3. The second-order valence-corrected chi connectivity index (χ2v) is 20.4. The van der Waals surface area contributed by atoms with Gasteiger partial charge in [-0.2, -0.15) is 0 Å². The van der Waals surface area contributed by atoms with Crippen LogP contribution in [0.5, 0.6) is 0 Å². The van der Waals surface area contributed by atoms with E-state index >= 15 is 0 Å². The SMILES string of the molecule is CC1(C)CC[C@]2(CO)[C@@H](O)C[C@]3(C)C(=CC=C4[C@@]5(C)CC[C@H](O[C@@H]6O[C@H](CO[C@@H]7O[C@H](CO)[C@@H](O)[C@H](O)[C@H]7O)[C@@H](O)[C@H](O)[C@H]6O)C(C)(C)[C@@H]5CC[C@]43C)[C@@H]2C1. The average molecular weight is 781 g/mol. The predicted octanol–water partition coefficient (Wildman–Crippen LogP) is 1.68. The second-order valence-electron chi connectivity index (χ2n) is 20.4. The van der Waals surface area contributed by atoms with Crippen molar-refractivity contribution in [2.24, 2.45) is 44.3 Å². The van der Waals surface area contributed by atoms with Crippen LogP contribution < -0.4 is 0 Å². The molecule has 9 N–H and O–H groups in total. The Kier molecular flexibility index (Phi) is 11.0. The van der Waals surface area contributed by atoms with Gasteiger partial charge in [-0.1, -0.05) is 71.8 Å². The van der Waals surface area contributed by atoms with Gasteiger partial charge in [0.2, 0.25) is 0 Å². The van der Waals surface area contributed by atoms with Gasteiger partial charge in [0.1, 0.15) is 48.8 Å². The van der Waals surface area contributed by atoms with Gasteiger partial charge >= 0.3 is 0 Å². The quantitative estimate of drug-likeness (QED) is 0.168. The maximum Gasteiger partial charge on any atom is 0.186 e. The highest BCUT2D eigenvalue weighted by Gasteiger charge is 2.68. The van der Waals surface area contributed by atoms with Crippen LogP contribution in [-0.4, -0.2) is 139 Å². The minimum Gasteiger partial charge on any atom is -0.396 e. The van der Waals surface area contributed by atoms with Crippen molar-refractivity contribution in [3.63, 3.8) is 0 Å². The lowest BCUT2D eigenvalue weighted by Gasteiger charge is -2.69. The second kappa shape index (κ2) is 14.3. The largest absolute Gasteiger partial charge is 0.396 e. The van der Waals surface area contributed by atoms with E-state index in [-0.39, 0.29) is 46.2 Å². The smallest absolute Gasteiger partial charge is 0.186 e. The number of hydrogen-bond donors (Lipinski definition) is 9. The van der Waals surface area contributed by atoms with Gasteiger partial charge < -0.3 is 64.9 Å². The minimum atomic E-state index is -1.66. The molecule has 2 saturated heterocycles. The Hall–Kier alpha value is -1.04. The number of fused-ring (bicyclic) bond motifs is 7. The van der Waals surface area contributed by atoms with E-state index in [0.717, 1.165) is 38.5 Å². The van der Waals surface area contributed by atoms with E-state index in [2.05, 4.69) is 60.6 Å². The number of aliphatic hydroxyl groups is 9. The number of allylic oxidation sites excluding steroid dienone is 4. The molecule has 0 unspecified atom stereocenters. The molecule has 7 rings (SSSR count). The summed E-state index contributed by atoms with van der Waals surface area (Å²) in [5, 5.41) is 95.9. The molecule has 18 atom stereocenters. The van der Waals surface area contributed by atoms with Crippen molar-refractivity contribution in [2.75, 3.05) is 19.8 Å². The molecule has 0 aromatic carbocycles. The lowest BCUT2D eigenvalue weighted by atomic mass is 9.35. The highest BCUT2D eigenvalue weighted by atomic mass is 16.7. The summed E-state index contributed by atoms with van der Waals surface area (Å²) in [6, 6.07) is 0. The van der Waals surface area contributed by atoms with Gasteiger partial charge in [-0.05, 0) is 84.9 Å². The van der Waals surface area contributed by atoms with Crippen LogP contribution >= 0.6 is 0 Å². The van der Waals surface area contributed by atoms with Crippen molar-refractivity contribution >= 4 is 0 Å². The lowest BCUT2D eigenvalue weighted by Crippen LogP contribution is -2.65. The number of rotatable bonds is 7. The lowest BCUT2D eigenvalue weighted by molar-refractivity contribution is -0.343. The Labute approximate surface area is 325 Å². The van der Waals surface area contributed by atoms with Crippen LogP contribution in [0.15, 0.2) is 23.3 Å². The van der Waals surface area contributed by atoms with Crippen LogP contribution in [0.1, 0.15) is 99.8 Å². The monoisotopic (exact) mass is 780 g/mol. The predicted molar refractivity (Wildman–Crippen MR) is 199 cm³/mol. The molecule has 7 aliphatic rings. The topological polar surface area (TPSA) is 219 Å². The summed E-state index contributed by atoms with van der Waals surface area (Å²) in [5.74, 6) is 0.301. The third kappa shape index (κ3) is 6.28. The van der Waals surface area contributed by atoms with Crippen molar-refractivity contribution in [3.05, 3.63) is 23.3 Å². The Morgan fingerprint density at radius 3 is 1.96 bits per heavy atom. The van der Waals surface area contributed by atoms with Crippen LogP contribution in [0, 0.1) is 44.3 Å². The van der Waals surface area contributed by atoms with Gasteiger partial charge in [-0.3, -0.25) is 0 Å². The summed E-state index contributed by atoms with van der Waals surface area (Å²) >= 11 is 0. The van der Waals surface area contributed by atoms with Crippen molar-refractivity contribution < 1.29 is 64.9 Å². The van der Waals surface area contributed by atoms with E-state index in [1.165, 1.54) is 11.1 Å². The first-order valence-corrected chi connectivity index (χ1v) is 20.6. The number of ether oxygens (including phenoxy) is 4. The normalized spacial score (nSPS) is 53.2. The van der Waals surface area contributed by atoms with Crippen LogP contribution in [0.2, 0.25) is 0 Å². The Bertz CT molecular complexity index is 1500. The van der Waals surface area contributed by atoms with Crippen LogP contribution in [0.25, 0.3) is 0 Å². The Balaban J connectivity index is 1.10. The zero-order valence-corrected chi connectivity index (χ0v) is 33.7. The molecule has 13 nitrogen and oxygen atoms in total. The number of hydrogen-bond acceptors (Lipinski definition) is 13. The number of aliphatic hydroxyl groups excluding tert-OH is 9. The third-order valence-electron chi connectivity index (χ3n) is 16.7. The molecule has 0 spiro atoms. The summed E-state index contributed by atoms with van der Waals surface area (Å²) in [4.78, 5) is 0. The van der Waals surface area contributed by atoms with Crippen molar-refractivity contribution in [1.29, 1.82) is 0 Å². The van der Waals surface area contributed by atoms with Gasteiger partial charge in [0, 0.05) is 10.8 Å². The molecule has 55 heavy (non-hydrogen) atoms. The van der Waals surface area contributed by atoms with Gasteiger partial charge in [0.15, 0.2) is 12.6 Å². The molecule has 2 heterocycles.